The molecule has 6 nitrogen and oxygen atoms in total. The average Bonchev–Trinajstić information content (AvgIpc) is 3.31. The molecule has 0 saturated heterocycles. The predicted molar refractivity (Wildman–Crippen MR) is 126 cm³/mol. The minimum atomic E-state index is -0.419. The van der Waals surface area contributed by atoms with Crippen LogP contribution in [0.5, 0.6) is 11.5 Å². The summed E-state index contributed by atoms with van der Waals surface area (Å²) >= 11 is 3.60. The minimum Gasteiger partial charge on any atom is -0.496 e. The molecule has 4 aromatic rings. The number of hydrogen-bond acceptors (Lipinski definition) is 5. The minimum absolute atomic E-state index is 0.290. The summed E-state index contributed by atoms with van der Waals surface area (Å²) in [6.45, 7) is 0. The molecule has 1 N–H and O–H groups in total. The number of para-hydroxylation sites is 1. The molecule has 3 aromatic carbocycles. The molecule has 2 atom stereocenters. The second-order valence-corrected chi connectivity index (χ2v) is 8.68. The van der Waals surface area contributed by atoms with Gasteiger partial charge in [-0.05, 0) is 63.5 Å². The van der Waals surface area contributed by atoms with Crippen molar-refractivity contribution in [1.29, 1.82) is 0 Å². The zero-order chi connectivity index (χ0) is 22.5. The second-order valence-electron chi connectivity index (χ2n) is 7.83. The first-order chi connectivity index (χ1) is 16.1. The first-order valence-corrected chi connectivity index (χ1v) is 11.2. The summed E-state index contributed by atoms with van der Waals surface area (Å²) in [5.74, 6) is 1.84. The summed E-state index contributed by atoms with van der Waals surface area (Å²) in [6.07, 6.45) is 1.10. The summed E-state index contributed by atoms with van der Waals surface area (Å²) in [5.41, 5.74) is 4.66. The fraction of sp³-hybridized carbons (Fsp3) is 0.120. The lowest BCUT2D eigenvalue weighted by molar-refractivity contribution is 0.223. The van der Waals surface area contributed by atoms with E-state index in [0.29, 0.717) is 5.95 Å². The van der Waals surface area contributed by atoms with Crippen molar-refractivity contribution >= 4 is 27.6 Å². The van der Waals surface area contributed by atoms with E-state index < -0.39 is 6.10 Å². The largest absolute Gasteiger partial charge is 0.496 e. The van der Waals surface area contributed by atoms with Crippen molar-refractivity contribution in [2.24, 2.45) is 0 Å². The van der Waals surface area contributed by atoms with Gasteiger partial charge in [0.05, 0.1) is 17.3 Å². The maximum Gasteiger partial charge on any atom is 0.226 e. The fourth-order valence-corrected chi connectivity index (χ4v) is 5.06. The Labute approximate surface area is 197 Å². The molecular weight excluding hydrogens is 487 g/mol. The van der Waals surface area contributed by atoms with Crippen molar-refractivity contribution in [2.45, 2.75) is 12.1 Å². The SMILES string of the molecule is COc1ccc(C2Oc3ccccc3C3=C2C(c2ccc(F)cc2)n2ncnc2N3)cc1Br. The Morgan fingerprint density at radius 2 is 1.85 bits per heavy atom. The van der Waals surface area contributed by atoms with Gasteiger partial charge in [0, 0.05) is 11.1 Å². The molecule has 0 amide bonds. The molecule has 6 rings (SSSR count). The highest BCUT2D eigenvalue weighted by molar-refractivity contribution is 9.10. The van der Waals surface area contributed by atoms with Crippen LogP contribution in [0.25, 0.3) is 5.70 Å². The fourth-order valence-electron chi connectivity index (χ4n) is 4.50. The van der Waals surface area contributed by atoms with E-state index in [1.54, 1.807) is 19.2 Å². The number of aromatic nitrogens is 3. The van der Waals surface area contributed by atoms with Crippen molar-refractivity contribution < 1.29 is 13.9 Å². The number of nitrogens with one attached hydrogen (secondary N) is 1. The van der Waals surface area contributed by atoms with Crippen LogP contribution in [0.15, 0.2) is 83.1 Å². The lowest BCUT2D eigenvalue weighted by Gasteiger charge is -2.39. The number of halogens is 2. The van der Waals surface area contributed by atoms with Gasteiger partial charge in [0.25, 0.3) is 0 Å². The van der Waals surface area contributed by atoms with Crippen LogP contribution in [0, 0.1) is 5.82 Å². The van der Waals surface area contributed by atoms with Gasteiger partial charge >= 0.3 is 0 Å². The highest BCUT2D eigenvalue weighted by Gasteiger charge is 2.41. The van der Waals surface area contributed by atoms with Gasteiger partial charge in [-0.15, -0.1) is 0 Å². The van der Waals surface area contributed by atoms with Gasteiger partial charge in [0.2, 0.25) is 5.95 Å². The molecular formula is C25H18BrFN4O2. The maximum atomic E-state index is 13.8. The number of hydrogen-bond donors (Lipinski definition) is 1. The van der Waals surface area contributed by atoms with Gasteiger partial charge in [-0.25, -0.2) is 9.07 Å². The van der Waals surface area contributed by atoms with E-state index in [0.717, 1.165) is 43.9 Å². The summed E-state index contributed by atoms with van der Waals surface area (Å²) in [7, 11) is 1.63. The lowest BCUT2D eigenvalue weighted by Crippen LogP contribution is -2.32. The summed E-state index contributed by atoms with van der Waals surface area (Å²) < 4.78 is 28.4. The van der Waals surface area contributed by atoms with Crippen molar-refractivity contribution in [3.63, 3.8) is 0 Å². The van der Waals surface area contributed by atoms with Crippen molar-refractivity contribution in [2.75, 3.05) is 12.4 Å². The highest BCUT2D eigenvalue weighted by Crippen LogP contribution is 2.51. The number of nitrogens with zero attached hydrogens (tertiary/aromatic N) is 3. The summed E-state index contributed by atoms with van der Waals surface area (Å²) in [4.78, 5) is 4.42. The van der Waals surface area contributed by atoms with Gasteiger partial charge in [-0.2, -0.15) is 10.1 Å². The Balaban J connectivity index is 1.61. The number of anilines is 1. The molecule has 164 valence electrons. The van der Waals surface area contributed by atoms with E-state index in [1.807, 2.05) is 47.1 Å². The molecule has 2 aliphatic heterocycles. The molecule has 33 heavy (non-hydrogen) atoms. The third-order valence-electron chi connectivity index (χ3n) is 5.99. The van der Waals surface area contributed by atoms with Crippen LogP contribution in [0.1, 0.15) is 28.8 Å². The molecule has 2 unspecified atom stereocenters. The van der Waals surface area contributed by atoms with Crippen molar-refractivity contribution in [1.82, 2.24) is 14.8 Å². The molecule has 0 spiro atoms. The molecule has 2 aliphatic rings. The Bertz CT molecular complexity index is 1400. The van der Waals surface area contributed by atoms with Crippen molar-refractivity contribution in [3.8, 4) is 11.5 Å². The summed E-state index contributed by atoms with van der Waals surface area (Å²) in [6, 6.07) is 20.0. The van der Waals surface area contributed by atoms with E-state index in [1.165, 1.54) is 18.5 Å². The van der Waals surface area contributed by atoms with Gasteiger partial charge < -0.3 is 14.8 Å². The van der Waals surface area contributed by atoms with Crippen LogP contribution < -0.4 is 14.8 Å². The van der Waals surface area contributed by atoms with Crippen LogP contribution in [-0.4, -0.2) is 21.9 Å². The molecule has 0 aliphatic carbocycles. The quantitative estimate of drug-likeness (QED) is 0.385. The topological polar surface area (TPSA) is 61.2 Å². The number of rotatable bonds is 3. The van der Waals surface area contributed by atoms with Crippen LogP contribution >= 0.6 is 15.9 Å². The smallest absolute Gasteiger partial charge is 0.226 e. The van der Waals surface area contributed by atoms with E-state index in [-0.39, 0.29) is 11.9 Å². The van der Waals surface area contributed by atoms with E-state index in [9.17, 15) is 4.39 Å². The third-order valence-corrected chi connectivity index (χ3v) is 6.61. The number of ether oxygens (including phenoxy) is 2. The van der Waals surface area contributed by atoms with Crippen LogP contribution in [0.2, 0.25) is 0 Å². The lowest BCUT2D eigenvalue weighted by atomic mass is 9.84. The molecule has 0 bridgehead atoms. The Morgan fingerprint density at radius 3 is 2.64 bits per heavy atom. The number of fused-ring (bicyclic) bond motifs is 3. The first-order valence-electron chi connectivity index (χ1n) is 10.4. The number of benzene rings is 3. The highest BCUT2D eigenvalue weighted by atomic mass is 79.9. The van der Waals surface area contributed by atoms with Crippen molar-refractivity contribution in [3.05, 3.63) is 106 Å². The third kappa shape index (κ3) is 3.21. The Hall–Kier alpha value is -3.65. The van der Waals surface area contributed by atoms with Gasteiger partial charge in [0.15, 0.2) is 0 Å². The van der Waals surface area contributed by atoms with Gasteiger partial charge in [0.1, 0.15) is 35.8 Å². The summed E-state index contributed by atoms with van der Waals surface area (Å²) in [5, 5.41) is 7.95. The molecule has 0 radical (unpaired) electrons. The van der Waals surface area contributed by atoms with E-state index in [4.69, 9.17) is 9.47 Å². The normalized spacial score (nSPS) is 18.5. The van der Waals surface area contributed by atoms with Crippen LogP contribution in [0.3, 0.4) is 0 Å². The standard InChI is InChI=1S/C25H18BrFN4O2/c1-32-20-11-8-15(12-18(20)26)24-21-22(17-4-2-3-5-19(17)33-24)30-25-28-13-29-31(25)23(21)14-6-9-16(27)10-7-14/h2-13,23-24H,1H3,(H,28,29,30). The Kier molecular flexibility index (Phi) is 4.69. The van der Waals surface area contributed by atoms with E-state index in [2.05, 4.69) is 31.3 Å². The number of methoxy groups -OCH3 is 1. The average molecular weight is 505 g/mol. The van der Waals surface area contributed by atoms with Crippen LogP contribution in [-0.2, 0) is 0 Å². The zero-order valence-corrected chi connectivity index (χ0v) is 19.1. The molecule has 8 heteroatoms. The molecule has 3 heterocycles. The molecule has 0 fully saturated rings. The predicted octanol–water partition coefficient (Wildman–Crippen LogP) is 5.75. The first kappa shape index (κ1) is 20.0. The molecule has 1 aromatic heterocycles. The Morgan fingerprint density at radius 1 is 1.06 bits per heavy atom. The van der Waals surface area contributed by atoms with Crippen LogP contribution in [0.4, 0.5) is 10.3 Å². The van der Waals surface area contributed by atoms with E-state index >= 15 is 0 Å². The zero-order valence-electron chi connectivity index (χ0n) is 17.5. The maximum absolute atomic E-state index is 13.8. The second kappa shape index (κ2) is 7.74. The monoisotopic (exact) mass is 504 g/mol. The molecule has 0 saturated carbocycles. The van der Waals surface area contributed by atoms with Gasteiger partial charge in [-0.1, -0.05) is 30.3 Å². The van der Waals surface area contributed by atoms with Gasteiger partial charge in [-0.3, -0.25) is 0 Å².